The standard InChI is InChI=1S/C17H26FNO/c1-3-6-13-9-10-16(19-2)17(11-13)20-12-14-7-4-5-8-15(14)18/h4-5,7-8,13,16-17,19H,3,6,9-12H2,1-2H3. The molecule has 1 saturated carbocycles. The quantitative estimate of drug-likeness (QED) is 0.852. The number of nitrogens with one attached hydrogen (secondary N) is 1. The van der Waals surface area contributed by atoms with Gasteiger partial charge in [-0.05, 0) is 38.3 Å². The predicted octanol–water partition coefficient (Wildman–Crippen LogP) is 3.90. The van der Waals surface area contributed by atoms with Crippen molar-refractivity contribution in [2.75, 3.05) is 7.05 Å². The fourth-order valence-corrected chi connectivity index (χ4v) is 3.21. The molecule has 112 valence electrons. The highest BCUT2D eigenvalue weighted by Crippen LogP contribution is 2.30. The molecule has 1 aliphatic carbocycles. The summed E-state index contributed by atoms with van der Waals surface area (Å²) in [7, 11) is 1.99. The van der Waals surface area contributed by atoms with Crippen molar-refractivity contribution in [2.24, 2.45) is 5.92 Å². The molecule has 1 aliphatic rings. The third-order valence-electron chi connectivity index (χ3n) is 4.38. The Morgan fingerprint density at radius 2 is 2.10 bits per heavy atom. The van der Waals surface area contributed by atoms with Crippen LogP contribution in [0.25, 0.3) is 0 Å². The van der Waals surface area contributed by atoms with E-state index in [2.05, 4.69) is 12.2 Å². The summed E-state index contributed by atoms with van der Waals surface area (Å²) in [6, 6.07) is 7.27. The normalized spacial score (nSPS) is 26.6. The second kappa shape index (κ2) is 7.75. The predicted molar refractivity (Wildman–Crippen MR) is 80.1 cm³/mol. The molecule has 3 atom stereocenters. The molecule has 0 aromatic heterocycles. The smallest absolute Gasteiger partial charge is 0.128 e. The van der Waals surface area contributed by atoms with Gasteiger partial charge >= 0.3 is 0 Å². The van der Waals surface area contributed by atoms with Gasteiger partial charge in [-0.25, -0.2) is 4.39 Å². The number of halogens is 1. The molecule has 0 saturated heterocycles. The van der Waals surface area contributed by atoms with Crippen molar-refractivity contribution < 1.29 is 9.13 Å². The van der Waals surface area contributed by atoms with Crippen LogP contribution in [0.15, 0.2) is 24.3 Å². The summed E-state index contributed by atoms with van der Waals surface area (Å²) in [5.74, 6) is 0.588. The van der Waals surface area contributed by atoms with Crippen LogP contribution in [0, 0.1) is 11.7 Å². The maximum absolute atomic E-state index is 13.6. The summed E-state index contributed by atoms with van der Waals surface area (Å²) in [5, 5.41) is 3.35. The van der Waals surface area contributed by atoms with Crippen LogP contribution in [-0.4, -0.2) is 19.2 Å². The SMILES string of the molecule is CCCC1CCC(NC)C(OCc2ccccc2F)C1. The Morgan fingerprint density at radius 3 is 2.80 bits per heavy atom. The molecule has 1 aromatic rings. The highest BCUT2D eigenvalue weighted by Gasteiger charge is 2.29. The maximum atomic E-state index is 13.6. The summed E-state index contributed by atoms with van der Waals surface area (Å²) in [5.41, 5.74) is 0.653. The van der Waals surface area contributed by atoms with Crippen molar-refractivity contribution in [1.82, 2.24) is 5.32 Å². The first-order valence-corrected chi connectivity index (χ1v) is 7.76. The lowest BCUT2D eigenvalue weighted by Gasteiger charge is -2.36. The van der Waals surface area contributed by atoms with Crippen molar-refractivity contribution in [2.45, 2.75) is 57.8 Å². The van der Waals surface area contributed by atoms with Crippen molar-refractivity contribution in [3.8, 4) is 0 Å². The van der Waals surface area contributed by atoms with E-state index >= 15 is 0 Å². The largest absolute Gasteiger partial charge is 0.372 e. The highest BCUT2D eigenvalue weighted by atomic mass is 19.1. The molecular weight excluding hydrogens is 253 g/mol. The second-order valence-electron chi connectivity index (χ2n) is 5.80. The van der Waals surface area contributed by atoms with E-state index in [1.807, 2.05) is 13.1 Å². The van der Waals surface area contributed by atoms with Gasteiger partial charge in [0.25, 0.3) is 0 Å². The summed E-state index contributed by atoms with van der Waals surface area (Å²) in [6.07, 6.45) is 6.23. The molecule has 1 aromatic carbocycles. The van der Waals surface area contributed by atoms with E-state index in [1.54, 1.807) is 12.1 Å². The van der Waals surface area contributed by atoms with Gasteiger partial charge in [0.15, 0.2) is 0 Å². The first-order chi connectivity index (χ1) is 9.74. The molecule has 1 fully saturated rings. The summed E-state index contributed by atoms with van der Waals surface area (Å²) in [6.45, 7) is 2.60. The van der Waals surface area contributed by atoms with E-state index in [9.17, 15) is 4.39 Å². The Balaban J connectivity index is 1.92. The molecule has 3 unspecified atom stereocenters. The molecular formula is C17H26FNO. The van der Waals surface area contributed by atoms with E-state index in [1.165, 1.54) is 25.3 Å². The van der Waals surface area contributed by atoms with Crippen LogP contribution in [0.1, 0.15) is 44.6 Å². The zero-order chi connectivity index (χ0) is 14.4. The van der Waals surface area contributed by atoms with Crippen molar-refractivity contribution >= 4 is 0 Å². The minimum Gasteiger partial charge on any atom is -0.372 e. The molecule has 2 nitrogen and oxygen atoms in total. The average Bonchev–Trinajstić information content (AvgIpc) is 2.47. The molecule has 0 spiro atoms. The Labute approximate surface area is 121 Å². The van der Waals surface area contributed by atoms with Gasteiger partial charge in [-0.1, -0.05) is 38.0 Å². The molecule has 0 amide bonds. The minimum absolute atomic E-state index is 0.172. The van der Waals surface area contributed by atoms with Gasteiger partial charge in [-0.2, -0.15) is 0 Å². The van der Waals surface area contributed by atoms with Crippen LogP contribution in [0.3, 0.4) is 0 Å². The lowest BCUT2D eigenvalue weighted by atomic mass is 9.81. The molecule has 1 N–H and O–H groups in total. The lowest BCUT2D eigenvalue weighted by molar-refractivity contribution is -0.0201. The Kier molecular flexibility index (Phi) is 5.99. The van der Waals surface area contributed by atoms with Gasteiger partial charge in [0.05, 0.1) is 12.7 Å². The Morgan fingerprint density at radius 1 is 1.30 bits per heavy atom. The van der Waals surface area contributed by atoms with Crippen LogP contribution in [-0.2, 0) is 11.3 Å². The summed E-state index contributed by atoms with van der Waals surface area (Å²) in [4.78, 5) is 0. The lowest BCUT2D eigenvalue weighted by Crippen LogP contribution is -2.44. The Hall–Kier alpha value is -0.930. The van der Waals surface area contributed by atoms with Crippen molar-refractivity contribution in [1.29, 1.82) is 0 Å². The molecule has 0 bridgehead atoms. The number of ether oxygens (including phenoxy) is 1. The minimum atomic E-state index is -0.172. The average molecular weight is 279 g/mol. The van der Waals surface area contributed by atoms with E-state index < -0.39 is 0 Å². The van der Waals surface area contributed by atoms with Crippen LogP contribution in [0.5, 0.6) is 0 Å². The van der Waals surface area contributed by atoms with Crippen LogP contribution in [0.4, 0.5) is 4.39 Å². The van der Waals surface area contributed by atoms with Gasteiger partial charge < -0.3 is 10.1 Å². The summed E-state index contributed by atoms with van der Waals surface area (Å²) >= 11 is 0. The fourth-order valence-electron chi connectivity index (χ4n) is 3.21. The van der Waals surface area contributed by atoms with E-state index in [4.69, 9.17) is 4.74 Å². The molecule has 0 heterocycles. The van der Waals surface area contributed by atoms with Crippen LogP contribution < -0.4 is 5.32 Å². The van der Waals surface area contributed by atoms with E-state index in [0.29, 0.717) is 18.2 Å². The molecule has 0 radical (unpaired) electrons. The van der Waals surface area contributed by atoms with Gasteiger partial charge in [0.2, 0.25) is 0 Å². The first kappa shape index (κ1) is 15.5. The second-order valence-corrected chi connectivity index (χ2v) is 5.80. The molecule has 2 rings (SSSR count). The number of hydrogen-bond donors (Lipinski definition) is 1. The third-order valence-corrected chi connectivity index (χ3v) is 4.38. The first-order valence-electron chi connectivity index (χ1n) is 7.76. The highest BCUT2D eigenvalue weighted by molar-refractivity contribution is 5.16. The topological polar surface area (TPSA) is 21.3 Å². The van der Waals surface area contributed by atoms with Gasteiger partial charge in [0, 0.05) is 11.6 Å². The molecule has 0 aliphatic heterocycles. The van der Waals surface area contributed by atoms with Gasteiger partial charge in [-0.15, -0.1) is 0 Å². The maximum Gasteiger partial charge on any atom is 0.128 e. The fraction of sp³-hybridized carbons (Fsp3) is 0.647. The van der Waals surface area contributed by atoms with Crippen molar-refractivity contribution in [3.05, 3.63) is 35.6 Å². The van der Waals surface area contributed by atoms with Crippen LogP contribution >= 0.6 is 0 Å². The van der Waals surface area contributed by atoms with Gasteiger partial charge in [-0.3, -0.25) is 0 Å². The summed E-state index contributed by atoms with van der Waals surface area (Å²) < 4.78 is 19.7. The number of rotatable bonds is 6. The Bertz CT molecular complexity index is 410. The van der Waals surface area contributed by atoms with Crippen LogP contribution in [0.2, 0.25) is 0 Å². The van der Waals surface area contributed by atoms with Gasteiger partial charge in [0.1, 0.15) is 5.82 Å². The number of hydrogen-bond acceptors (Lipinski definition) is 2. The molecule has 3 heteroatoms. The van der Waals surface area contributed by atoms with E-state index in [0.717, 1.165) is 18.8 Å². The monoisotopic (exact) mass is 279 g/mol. The zero-order valence-electron chi connectivity index (χ0n) is 12.6. The number of benzene rings is 1. The zero-order valence-corrected chi connectivity index (χ0v) is 12.6. The number of likely N-dealkylation sites (N-methyl/N-ethyl adjacent to an activating group) is 1. The van der Waals surface area contributed by atoms with Crippen molar-refractivity contribution in [3.63, 3.8) is 0 Å². The van der Waals surface area contributed by atoms with E-state index in [-0.39, 0.29) is 11.9 Å². The third kappa shape index (κ3) is 4.03. The molecule has 20 heavy (non-hydrogen) atoms.